The van der Waals surface area contributed by atoms with Gasteiger partial charge in [-0.05, 0) is 58.0 Å². The summed E-state index contributed by atoms with van der Waals surface area (Å²) in [5.41, 5.74) is 0.194. The van der Waals surface area contributed by atoms with E-state index >= 15 is 0 Å². The summed E-state index contributed by atoms with van der Waals surface area (Å²) in [6, 6.07) is 7.30. The molecule has 1 heterocycles. The highest BCUT2D eigenvalue weighted by atomic mass is 19.1. The molecule has 0 aliphatic rings. The van der Waals surface area contributed by atoms with Crippen LogP contribution in [0.3, 0.4) is 0 Å². The first-order valence-corrected chi connectivity index (χ1v) is 8.26. The largest absolute Gasteiger partial charge is 0.466 e. The quantitative estimate of drug-likeness (QED) is 0.718. The summed E-state index contributed by atoms with van der Waals surface area (Å²) in [4.78, 5) is 12.0. The Labute approximate surface area is 147 Å². The molecule has 1 aromatic heterocycles. The van der Waals surface area contributed by atoms with E-state index in [-0.39, 0.29) is 30.7 Å². The zero-order valence-electron chi connectivity index (χ0n) is 15.0. The van der Waals surface area contributed by atoms with Gasteiger partial charge in [0, 0.05) is 30.3 Å². The van der Waals surface area contributed by atoms with E-state index in [4.69, 9.17) is 4.42 Å². The van der Waals surface area contributed by atoms with E-state index in [0.717, 1.165) is 11.3 Å². The summed E-state index contributed by atoms with van der Waals surface area (Å²) >= 11 is 0. The van der Waals surface area contributed by atoms with Crippen molar-refractivity contribution < 1.29 is 18.7 Å². The molecule has 1 amide bonds. The molecule has 0 fully saturated rings. The smallest absolute Gasteiger partial charge is 0.225 e. The lowest BCUT2D eigenvalue weighted by Gasteiger charge is -2.25. The van der Waals surface area contributed by atoms with Gasteiger partial charge in [-0.15, -0.1) is 0 Å². The number of carbonyl (C=O) groups excluding carboxylic acids is 1. The summed E-state index contributed by atoms with van der Waals surface area (Å²) in [7, 11) is 0. The average Bonchev–Trinajstić information content (AvgIpc) is 2.87. The third-order valence-electron chi connectivity index (χ3n) is 4.04. The lowest BCUT2D eigenvalue weighted by Crippen LogP contribution is -2.41. The van der Waals surface area contributed by atoms with Gasteiger partial charge < -0.3 is 20.2 Å². The highest BCUT2D eigenvalue weighted by molar-refractivity contribution is 5.91. The molecule has 1 aromatic carbocycles. The second kappa shape index (κ2) is 7.80. The van der Waals surface area contributed by atoms with Crippen LogP contribution >= 0.6 is 0 Å². The second-order valence-corrected chi connectivity index (χ2v) is 6.64. The Morgan fingerprint density at radius 2 is 1.96 bits per heavy atom. The molecule has 0 saturated heterocycles. The Morgan fingerprint density at radius 3 is 2.52 bits per heavy atom. The van der Waals surface area contributed by atoms with Crippen LogP contribution in [0.5, 0.6) is 0 Å². The number of furan rings is 1. The molecule has 2 unspecified atom stereocenters. The fraction of sp³-hybridized carbons (Fsp3) is 0.421. The van der Waals surface area contributed by atoms with Crippen LogP contribution in [0.25, 0.3) is 0 Å². The average molecular weight is 348 g/mol. The van der Waals surface area contributed by atoms with Crippen molar-refractivity contribution in [2.24, 2.45) is 0 Å². The van der Waals surface area contributed by atoms with Gasteiger partial charge in [0.1, 0.15) is 22.9 Å². The molecule has 0 bridgehead atoms. The number of amides is 1. The molecular weight excluding hydrogens is 323 g/mol. The molecule has 0 saturated carbocycles. The first kappa shape index (κ1) is 19.1. The minimum Gasteiger partial charge on any atom is -0.466 e. The molecule has 3 N–H and O–H groups in total. The van der Waals surface area contributed by atoms with Crippen molar-refractivity contribution in [3.8, 4) is 0 Å². The van der Waals surface area contributed by atoms with Crippen molar-refractivity contribution in [2.75, 3.05) is 11.9 Å². The molecular formula is C19H25FN2O3. The van der Waals surface area contributed by atoms with Crippen molar-refractivity contribution in [3.63, 3.8) is 0 Å². The highest BCUT2D eigenvalue weighted by Gasteiger charge is 2.28. The van der Waals surface area contributed by atoms with Gasteiger partial charge >= 0.3 is 0 Å². The van der Waals surface area contributed by atoms with Crippen molar-refractivity contribution in [3.05, 3.63) is 53.2 Å². The van der Waals surface area contributed by atoms with Gasteiger partial charge in [0.15, 0.2) is 0 Å². The first-order valence-electron chi connectivity index (χ1n) is 8.26. The fourth-order valence-corrected chi connectivity index (χ4v) is 2.73. The van der Waals surface area contributed by atoms with Crippen molar-refractivity contribution in [2.45, 2.75) is 45.8 Å². The topological polar surface area (TPSA) is 74.5 Å². The molecule has 2 aromatic rings. The number of hydrogen-bond donors (Lipinski definition) is 3. The number of hydrogen-bond acceptors (Lipinski definition) is 4. The van der Waals surface area contributed by atoms with Crippen LogP contribution in [0.15, 0.2) is 34.7 Å². The Bertz CT molecular complexity index is 723. The van der Waals surface area contributed by atoms with Crippen LogP contribution in [0, 0.1) is 19.7 Å². The van der Waals surface area contributed by atoms with Crippen LogP contribution in [0.1, 0.15) is 37.4 Å². The van der Waals surface area contributed by atoms with Crippen LogP contribution in [0.2, 0.25) is 0 Å². The number of rotatable bonds is 7. The van der Waals surface area contributed by atoms with Gasteiger partial charge in [-0.3, -0.25) is 4.79 Å². The molecule has 2 rings (SSSR count). The molecule has 25 heavy (non-hydrogen) atoms. The predicted octanol–water partition coefficient (Wildman–Crippen LogP) is 3.25. The van der Waals surface area contributed by atoms with Crippen molar-refractivity contribution in [1.29, 1.82) is 0 Å². The third-order valence-corrected chi connectivity index (χ3v) is 4.04. The van der Waals surface area contributed by atoms with Crippen LogP contribution < -0.4 is 10.6 Å². The summed E-state index contributed by atoms with van der Waals surface area (Å²) in [6.45, 7) is 7.52. The van der Waals surface area contributed by atoms with Gasteiger partial charge in [0.05, 0.1) is 0 Å². The first-order chi connectivity index (χ1) is 11.7. The number of benzene rings is 1. The van der Waals surface area contributed by atoms with E-state index in [1.807, 2.05) is 26.8 Å². The van der Waals surface area contributed by atoms with Gasteiger partial charge in [-0.25, -0.2) is 4.39 Å². The molecule has 6 heteroatoms. The van der Waals surface area contributed by atoms with E-state index in [1.165, 1.54) is 24.3 Å². The molecule has 0 spiro atoms. The third kappa shape index (κ3) is 5.41. The molecule has 0 aliphatic heterocycles. The second-order valence-electron chi connectivity index (χ2n) is 6.64. The molecule has 136 valence electrons. The summed E-state index contributed by atoms with van der Waals surface area (Å²) in [5.74, 6) is 0.909. The standard InChI is InChI=1S/C19H25FN2O3/c1-12(9-18(23)22-16-7-5-15(20)6-8-16)21-11-19(4,24)17-10-13(2)25-14(17)3/h5-8,10,12,21,24H,9,11H2,1-4H3,(H,22,23). The number of nitrogens with one attached hydrogen (secondary N) is 2. The molecule has 2 atom stereocenters. The fourth-order valence-electron chi connectivity index (χ4n) is 2.73. The Balaban J connectivity index is 1.85. The number of halogens is 1. The van der Waals surface area contributed by atoms with Crippen molar-refractivity contribution >= 4 is 11.6 Å². The molecule has 0 aliphatic carbocycles. The Kier molecular flexibility index (Phi) is 5.98. The number of anilines is 1. The van der Waals surface area contributed by atoms with Crippen LogP contribution in [0.4, 0.5) is 10.1 Å². The lowest BCUT2D eigenvalue weighted by molar-refractivity contribution is -0.116. The molecule has 0 radical (unpaired) electrons. The van der Waals surface area contributed by atoms with Gasteiger partial charge in [0.2, 0.25) is 5.91 Å². The minimum atomic E-state index is -1.09. The zero-order chi connectivity index (χ0) is 18.6. The maximum absolute atomic E-state index is 12.9. The Morgan fingerprint density at radius 1 is 1.32 bits per heavy atom. The SMILES string of the molecule is Cc1cc(C(C)(O)CNC(C)CC(=O)Nc2ccc(F)cc2)c(C)o1. The van der Waals surface area contributed by atoms with Crippen LogP contribution in [-0.2, 0) is 10.4 Å². The van der Waals surface area contributed by atoms with E-state index in [2.05, 4.69) is 10.6 Å². The van der Waals surface area contributed by atoms with E-state index in [1.54, 1.807) is 6.92 Å². The minimum absolute atomic E-state index is 0.139. The maximum atomic E-state index is 12.9. The summed E-state index contributed by atoms with van der Waals surface area (Å²) in [5, 5.41) is 16.6. The van der Waals surface area contributed by atoms with Gasteiger partial charge in [0.25, 0.3) is 0 Å². The van der Waals surface area contributed by atoms with Gasteiger partial charge in [-0.1, -0.05) is 0 Å². The summed E-state index contributed by atoms with van der Waals surface area (Å²) < 4.78 is 18.3. The van der Waals surface area contributed by atoms with E-state index in [0.29, 0.717) is 11.4 Å². The maximum Gasteiger partial charge on any atom is 0.225 e. The number of aliphatic hydroxyl groups is 1. The van der Waals surface area contributed by atoms with Crippen molar-refractivity contribution in [1.82, 2.24) is 5.32 Å². The number of aryl methyl sites for hydroxylation is 2. The van der Waals surface area contributed by atoms with E-state index in [9.17, 15) is 14.3 Å². The lowest BCUT2D eigenvalue weighted by atomic mass is 9.96. The Hall–Kier alpha value is -2.18. The number of carbonyl (C=O) groups is 1. The zero-order valence-corrected chi connectivity index (χ0v) is 15.0. The normalized spacial score (nSPS) is 14.8. The summed E-state index contributed by atoms with van der Waals surface area (Å²) in [6.07, 6.45) is 0.233. The predicted molar refractivity (Wildman–Crippen MR) is 94.9 cm³/mol. The molecule has 5 nitrogen and oxygen atoms in total. The van der Waals surface area contributed by atoms with Gasteiger partial charge in [-0.2, -0.15) is 0 Å². The van der Waals surface area contributed by atoms with Crippen LogP contribution in [-0.4, -0.2) is 23.6 Å². The van der Waals surface area contributed by atoms with E-state index < -0.39 is 5.60 Å². The highest BCUT2D eigenvalue weighted by Crippen LogP contribution is 2.26. The monoisotopic (exact) mass is 348 g/mol.